The first kappa shape index (κ1) is 15.1. The van der Waals surface area contributed by atoms with Crippen LogP contribution in [0, 0.1) is 0 Å². The van der Waals surface area contributed by atoms with Crippen molar-refractivity contribution in [3.63, 3.8) is 0 Å². The van der Waals surface area contributed by atoms with E-state index in [1.165, 1.54) is 11.8 Å². The molecule has 1 aliphatic heterocycles. The van der Waals surface area contributed by atoms with Crippen LogP contribution in [-0.4, -0.2) is 22.0 Å². The van der Waals surface area contributed by atoms with Crippen molar-refractivity contribution >= 4 is 23.4 Å². The SMILES string of the molecule is CSc1nc2c(c(=O)[nH]1)C(c1ccc[nH+]c1)C1=C(CCCC1=O)N2. The van der Waals surface area contributed by atoms with Crippen molar-refractivity contribution in [2.45, 2.75) is 30.3 Å². The van der Waals surface area contributed by atoms with Gasteiger partial charge in [0.05, 0.1) is 11.5 Å². The van der Waals surface area contributed by atoms with Crippen molar-refractivity contribution in [1.82, 2.24) is 9.97 Å². The number of aromatic amines is 2. The number of allylic oxidation sites excluding steroid dienone is 2. The van der Waals surface area contributed by atoms with Crippen molar-refractivity contribution in [2.24, 2.45) is 0 Å². The molecule has 0 radical (unpaired) electrons. The molecule has 2 aromatic heterocycles. The standard InChI is InChI=1S/C17H16N4O2S/c1-24-17-20-15-14(16(23)21-17)12(9-4-3-7-18-8-9)13-10(19-15)5-2-6-11(13)22/h3-4,7-8,12H,2,5-6H2,1H3,(H2,19,20,21,23)/p+1. The molecule has 24 heavy (non-hydrogen) atoms. The second kappa shape index (κ2) is 5.90. The molecule has 7 heteroatoms. The molecule has 3 heterocycles. The van der Waals surface area contributed by atoms with Crippen LogP contribution in [0.1, 0.15) is 36.3 Å². The van der Waals surface area contributed by atoms with Crippen molar-refractivity contribution in [3.05, 3.63) is 57.3 Å². The number of hydrogen-bond donors (Lipinski definition) is 2. The summed E-state index contributed by atoms with van der Waals surface area (Å²) in [5, 5.41) is 3.81. The average molecular weight is 341 g/mol. The fourth-order valence-corrected chi connectivity index (χ4v) is 3.83. The summed E-state index contributed by atoms with van der Waals surface area (Å²) in [5.74, 6) is 0.288. The molecule has 6 nitrogen and oxygen atoms in total. The quantitative estimate of drug-likeness (QED) is 0.643. The minimum atomic E-state index is -0.381. The molecule has 0 saturated carbocycles. The van der Waals surface area contributed by atoms with Crippen LogP contribution in [-0.2, 0) is 4.79 Å². The molecule has 1 atom stereocenters. The lowest BCUT2D eigenvalue weighted by Crippen LogP contribution is -2.33. The van der Waals surface area contributed by atoms with E-state index in [-0.39, 0.29) is 17.3 Å². The number of nitrogens with one attached hydrogen (secondary N) is 3. The average Bonchev–Trinajstić information content (AvgIpc) is 2.60. The van der Waals surface area contributed by atoms with Gasteiger partial charge in [0.15, 0.2) is 23.3 Å². The van der Waals surface area contributed by atoms with Crippen LogP contribution in [0.15, 0.2) is 45.7 Å². The number of rotatable bonds is 2. The lowest BCUT2D eigenvalue weighted by atomic mass is 9.77. The number of H-pyrrole nitrogens is 2. The van der Waals surface area contributed by atoms with Gasteiger partial charge in [-0.3, -0.25) is 9.59 Å². The normalized spacial score (nSPS) is 19.5. The smallest absolute Gasteiger partial charge is 0.257 e. The first-order chi connectivity index (χ1) is 11.7. The van der Waals surface area contributed by atoms with Crippen LogP contribution < -0.4 is 15.9 Å². The molecule has 1 unspecified atom stereocenters. The monoisotopic (exact) mass is 341 g/mol. The van der Waals surface area contributed by atoms with Crippen LogP contribution in [0.4, 0.5) is 5.82 Å². The molecule has 1 aliphatic carbocycles. The van der Waals surface area contributed by atoms with Crippen molar-refractivity contribution < 1.29 is 9.78 Å². The summed E-state index contributed by atoms with van der Waals surface area (Å²) in [6.45, 7) is 0. The van der Waals surface area contributed by atoms with Crippen LogP contribution in [0.25, 0.3) is 0 Å². The molecule has 4 rings (SSSR count). The number of thioether (sulfide) groups is 1. The summed E-state index contributed by atoms with van der Waals surface area (Å²) >= 11 is 1.39. The van der Waals surface area contributed by atoms with Crippen LogP contribution >= 0.6 is 11.8 Å². The van der Waals surface area contributed by atoms with E-state index in [9.17, 15) is 9.59 Å². The first-order valence-corrected chi connectivity index (χ1v) is 9.09. The van der Waals surface area contributed by atoms with Gasteiger partial charge in [0.1, 0.15) is 5.82 Å². The highest BCUT2D eigenvalue weighted by Gasteiger charge is 2.38. The van der Waals surface area contributed by atoms with Crippen molar-refractivity contribution in [1.29, 1.82) is 0 Å². The van der Waals surface area contributed by atoms with Crippen molar-refractivity contribution in [3.8, 4) is 0 Å². The minimum Gasteiger partial charge on any atom is -0.343 e. The van der Waals surface area contributed by atoms with Gasteiger partial charge in [0.25, 0.3) is 5.56 Å². The summed E-state index contributed by atoms with van der Waals surface area (Å²) in [7, 11) is 0. The third-order valence-corrected chi connectivity index (χ3v) is 5.07. The fourth-order valence-electron chi connectivity index (χ4n) is 3.46. The van der Waals surface area contributed by atoms with E-state index in [1.807, 2.05) is 30.8 Å². The van der Waals surface area contributed by atoms with Crippen LogP contribution in [0.2, 0.25) is 0 Å². The molecule has 3 N–H and O–H groups in total. The summed E-state index contributed by atoms with van der Waals surface area (Å²) < 4.78 is 0. The van der Waals surface area contributed by atoms with E-state index in [0.29, 0.717) is 28.5 Å². The Morgan fingerprint density at radius 1 is 1.33 bits per heavy atom. The summed E-state index contributed by atoms with van der Waals surface area (Å²) in [6, 6.07) is 3.81. The van der Waals surface area contributed by atoms with Gasteiger partial charge in [-0.05, 0) is 25.2 Å². The Balaban J connectivity index is 1.99. The number of anilines is 1. The predicted molar refractivity (Wildman–Crippen MR) is 91.0 cm³/mol. The molecule has 0 saturated heterocycles. The van der Waals surface area contributed by atoms with E-state index in [4.69, 9.17) is 0 Å². The fraction of sp³-hybridized carbons (Fsp3) is 0.294. The van der Waals surface area contributed by atoms with Gasteiger partial charge >= 0.3 is 0 Å². The van der Waals surface area contributed by atoms with E-state index >= 15 is 0 Å². The van der Waals surface area contributed by atoms with Crippen LogP contribution in [0.5, 0.6) is 0 Å². The third-order valence-electron chi connectivity index (χ3n) is 4.49. The molecular formula is C17H17N4O2S+. The number of pyridine rings is 1. The number of carbonyl (C=O) groups excluding carboxylic acids is 1. The van der Waals surface area contributed by atoms with E-state index in [1.54, 1.807) is 0 Å². The molecule has 0 spiro atoms. The third kappa shape index (κ3) is 2.36. The highest BCUT2D eigenvalue weighted by atomic mass is 32.2. The topological polar surface area (TPSA) is 89.0 Å². The summed E-state index contributed by atoms with van der Waals surface area (Å²) in [6.07, 6.45) is 7.67. The van der Waals surface area contributed by atoms with E-state index in [0.717, 1.165) is 24.1 Å². The Morgan fingerprint density at radius 2 is 2.21 bits per heavy atom. The van der Waals surface area contributed by atoms with E-state index in [2.05, 4.69) is 20.3 Å². The Bertz CT molecular complexity index is 905. The maximum Gasteiger partial charge on any atom is 0.257 e. The molecule has 122 valence electrons. The number of ketones is 1. The zero-order valence-corrected chi connectivity index (χ0v) is 14.0. The van der Waals surface area contributed by atoms with Gasteiger partial charge in [-0.1, -0.05) is 11.8 Å². The van der Waals surface area contributed by atoms with Gasteiger partial charge in [-0.25, -0.2) is 9.97 Å². The van der Waals surface area contributed by atoms with E-state index < -0.39 is 0 Å². The predicted octanol–water partition coefficient (Wildman–Crippen LogP) is 1.87. The number of Topliss-reactive ketones (excluding diaryl/α,β-unsaturated/α-hetero) is 1. The Kier molecular flexibility index (Phi) is 3.72. The van der Waals surface area contributed by atoms with Gasteiger partial charge < -0.3 is 10.3 Å². The molecule has 0 bridgehead atoms. The number of carbonyl (C=O) groups is 1. The summed E-state index contributed by atoms with van der Waals surface area (Å²) in [5.41, 5.74) is 2.82. The number of nitrogens with zero attached hydrogens (tertiary/aromatic N) is 1. The van der Waals surface area contributed by atoms with Crippen molar-refractivity contribution in [2.75, 3.05) is 11.6 Å². The molecule has 0 amide bonds. The van der Waals surface area contributed by atoms with Gasteiger partial charge in [0.2, 0.25) is 0 Å². The zero-order chi connectivity index (χ0) is 16.7. The van der Waals surface area contributed by atoms with Gasteiger partial charge in [-0.2, -0.15) is 0 Å². The maximum absolute atomic E-state index is 12.7. The molecule has 2 aromatic rings. The maximum atomic E-state index is 12.7. The van der Waals surface area contributed by atoms with Gasteiger partial charge in [-0.15, -0.1) is 0 Å². The zero-order valence-electron chi connectivity index (χ0n) is 13.2. The van der Waals surface area contributed by atoms with Crippen LogP contribution in [0.3, 0.4) is 0 Å². The Hall–Kier alpha value is -2.41. The second-order valence-electron chi connectivity index (χ2n) is 5.90. The highest BCUT2D eigenvalue weighted by Crippen LogP contribution is 2.42. The molecule has 2 aliphatic rings. The second-order valence-corrected chi connectivity index (χ2v) is 6.70. The first-order valence-electron chi connectivity index (χ1n) is 7.86. The largest absolute Gasteiger partial charge is 0.343 e. The lowest BCUT2D eigenvalue weighted by Gasteiger charge is -2.32. The number of hydrogen-bond acceptors (Lipinski definition) is 5. The molecule has 0 aromatic carbocycles. The number of fused-ring (bicyclic) bond motifs is 1. The summed E-state index contributed by atoms with van der Waals surface area (Å²) in [4.78, 5) is 35.7. The molecule has 0 fully saturated rings. The van der Waals surface area contributed by atoms with Gasteiger partial charge in [0, 0.05) is 29.3 Å². The Morgan fingerprint density at radius 3 is 2.96 bits per heavy atom. The lowest BCUT2D eigenvalue weighted by molar-refractivity contribution is -0.378. The Labute approximate surface area is 142 Å². The minimum absolute atomic E-state index is 0.108. The molecular weight excluding hydrogens is 324 g/mol. The number of aromatic nitrogens is 3. The highest BCUT2D eigenvalue weighted by molar-refractivity contribution is 7.98.